The first-order valence-corrected chi connectivity index (χ1v) is 7.20. The van der Waals surface area contributed by atoms with E-state index in [0.29, 0.717) is 0 Å². The van der Waals surface area contributed by atoms with Crippen LogP contribution in [0.2, 0.25) is 0 Å². The Labute approximate surface area is 129 Å². The fourth-order valence-corrected chi connectivity index (χ4v) is 2.47. The zero-order chi connectivity index (χ0) is 15.5. The predicted octanol–water partition coefficient (Wildman–Crippen LogP) is 4.15. The Hall–Kier alpha value is -2.62. The minimum atomic E-state index is -0.233. The molecule has 0 fully saturated rings. The normalized spacial score (nSPS) is 10.7. The lowest BCUT2D eigenvalue weighted by atomic mass is 10.1. The highest BCUT2D eigenvalue weighted by atomic mass is 19.1. The summed E-state index contributed by atoms with van der Waals surface area (Å²) in [6.45, 7) is 2.80. The Bertz CT molecular complexity index is 775. The molecule has 0 saturated carbocycles. The van der Waals surface area contributed by atoms with Gasteiger partial charge in [0.05, 0.1) is 11.9 Å². The van der Waals surface area contributed by atoms with E-state index in [2.05, 4.69) is 41.5 Å². The molecule has 1 heterocycles. The van der Waals surface area contributed by atoms with Gasteiger partial charge >= 0.3 is 0 Å². The van der Waals surface area contributed by atoms with E-state index in [1.807, 2.05) is 11.6 Å². The third-order valence-electron chi connectivity index (χ3n) is 3.66. The summed E-state index contributed by atoms with van der Waals surface area (Å²) in [5.74, 6) is 0.560. The van der Waals surface area contributed by atoms with E-state index < -0.39 is 0 Å². The van der Waals surface area contributed by atoms with Crippen LogP contribution in [0, 0.1) is 12.7 Å². The van der Waals surface area contributed by atoms with Crippen LogP contribution in [-0.2, 0) is 13.6 Å². The molecule has 3 rings (SSSR count). The van der Waals surface area contributed by atoms with E-state index >= 15 is 0 Å². The van der Waals surface area contributed by atoms with Crippen molar-refractivity contribution in [1.29, 1.82) is 0 Å². The molecule has 3 nitrogen and oxygen atoms in total. The number of aromatic nitrogens is 2. The van der Waals surface area contributed by atoms with Crippen molar-refractivity contribution in [2.75, 3.05) is 5.32 Å². The highest BCUT2D eigenvalue weighted by molar-refractivity contribution is 5.61. The van der Waals surface area contributed by atoms with Gasteiger partial charge in [-0.15, -0.1) is 0 Å². The molecule has 0 aliphatic heterocycles. The summed E-state index contributed by atoms with van der Waals surface area (Å²) in [6.07, 6.45) is 1.80. The number of rotatable bonds is 4. The lowest BCUT2D eigenvalue weighted by Gasteiger charge is -2.09. The van der Waals surface area contributed by atoms with Gasteiger partial charge in [-0.05, 0) is 36.8 Å². The molecule has 0 aliphatic rings. The van der Waals surface area contributed by atoms with Crippen LogP contribution in [0.3, 0.4) is 0 Å². The van der Waals surface area contributed by atoms with E-state index in [4.69, 9.17) is 0 Å². The first-order valence-electron chi connectivity index (χ1n) is 7.20. The molecule has 0 spiro atoms. The lowest BCUT2D eigenvalue weighted by Crippen LogP contribution is -2.05. The monoisotopic (exact) mass is 295 g/mol. The molecule has 22 heavy (non-hydrogen) atoms. The Morgan fingerprint density at radius 2 is 1.91 bits per heavy atom. The summed E-state index contributed by atoms with van der Waals surface area (Å²) in [5, 5.41) is 3.34. The zero-order valence-electron chi connectivity index (χ0n) is 12.7. The lowest BCUT2D eigenvalue weighted by molar-refractivity contribution is 0.628. The van der Waals surface area contributed by atoms with E-state index in [-0.39, 0.29) is 5.82 Å². The van der Waals surface area contributed by atoms with Crippen LogP contribution in [0.15, 0.2) is 54.7 Å². The molecule has 3 aromatic rings. The van der Waals surface area contributed by atoms with Gasteiger partial charge in [-0.2, -0.15) is 0 Å². The molecule has 0 saturated heterocycles. The molecule has 0 atom stereocenters. The SMILES string of the molecule is Cc1cccc(CNc2ncc(-c3ccc(F)cc3)n2C)c1. The van der Waals surface area contributed by atoms with Gasteiger partial charge in [-0.25, -0.2) is 9.37 Å². The molecule has 0 aliphatic carbocycles. The maximum Gasteiger partial charge on any atom is 0.203 e. The van der Waals surface area contributed by atoms with Gasteiger partial charge in [0.2, 0.25) is 5.95 Å². The number of imidazole rings is 1. The highest BCUT2D eigenvalue weighted by Crippen LogP contribution is 2.22. The van der Waals surface area contributed by atoms with Crippen molar-refractivity contribution in [3.63, 3.8) is 0 Å². The van der Waals surface area contributed by atoms with Gasteiger partial charge in [0, 0.05) is 19.2 Å². The molecular formula is C18H18FN3. The Balaban J connectivity index is 1.77. The van der Waals surface area contributed by atoms with Gasteiger partial charge in [0.1, 0.15) is 5.82 Å². The average molecular weight is 295 g/mol. The third kappa shape index (κ3) is 3.01. The average Bonchev–Trinajstić information content (AvgIpc) is 2.87. The zero-order valence-corrected chi connectivity index (χ0v) is 12.7. The van der Waals surface area contributed by atoms with Crippen molar-refractivity contribution in [2.24, 2.45) is 7.05 Å². The van der Waals surface area contributed by atoms with Crippen molar-refractivity contribution in [3.8, 4) is 11.3 Å². The van der Waals surface area contributed by atoms with Crippen molar-refractivity contribution < 1.29 is 4.39 Å². The first kappa shape index (κ1) is 14.3. The molecule has 1 N–H and O–H groups in total. The van der Waals surface area contributed by atoms with Crippen LogP contribution in [0.5, 0.6) is 0 Å². The quantitative estimate of drug-likeness (QED) is 0.783. The molecule has 4 heteroatoms. The minimum absolute atomic E-state index is 0.233. The van der Waals surface area contributed by atoms with Crippen LogP contribution >= 0.6 is 0 Å². The topological polar surface area (TPSA) is 29.9 Å². The molecule has 112 valence electrons. The summed E-state index contributed by atoms with van der Waals surface area (Å²) in [6, 6.07) is 14.8. The van der Waals surface area contributed by atoms with E-state index in [1.165, 1.54) is 23.3 Å². The van der Waals surface area contributed by atoms with E-state index in [9.17, 15) is 4.39 Å². The highest BCUT2D eigenvalue weighted by Gasteiger charge is 2.08. The molecule has 0 radical (unpaired) electrons. The molecule has 0 bridgehead atoms. The van der Waals surface area contributed by atoms with E-state index in [0.717, 1.165) is 23.8 Å². The number of anilines is 1. The van der Waals surface area contributed by atoms with Crippen LogP contribution in [0.4, 0.5) is 10.3 Å². The molecule has 0 amide bonds. The maximum atomic E-state index is 13.0. The van der Waals surface area contributed by atoms with Gasteiger partial charge in [0.25, 0.3) is 0 Å². The van der Waals surface area contributed by atoms with Crippen LogP contribution in [-0.4, -0.2) is 9.55 Å². The largest absolute Gasteiger partial charge is 0.352 e. The van der Waals surface area contributed by atoms with Crippen molar-refractivity contribution in [3.05, 3.63) is 71.7 Å². The molecule has 0 unspecified atom stereocenters. The Morgan fingerprint density at radius 1 is 1.14 bits per heavy atom. The number of benzene rings is 2. The second-order valence-electron chi connectivity index (χ2n) is 5.38. The van der Waals surface area contributed by atoms with Gasteiger partial charge in [0.15, 0.2) is 0 Å². The Kier molecular flexibility index (Phi) is 3.92. The summed E-state index contributed by atoms with van der Waals surface area (Å²) in [7, 11) is 1.95. The predicted molar refractivity (Wildman–Crippen MR) is 87.1 cm³/mol. The molecule has 1 aromatic heterocycles. The van der Waals surface area contributed by atoms with Crippen molar-refractivity contribution >= 4 is 5.95 Å². The van der Waals surface area contributed by atoms with Crippen LogP contribution in [0.25, 0.3) is 11.3 Å². The second kappa shape index (κ2) is 6.02. The van der Waals surface area contributed by atoms with Crippen molar-refractivity contribution in [2.45, 2.75) is 13.5 Å². The van der Waals surface area contributed by atoms with Gasteiger partial charge < -0.3 is 9.88 Å². The van der Waals surface area contributed by atoms with Crippen LogP contribution in [0.1, 0.15) is 11.1 Å². The summed E-state index contributed by atoms with van der Waals surface area (Å²) < 4.78 is 15.0. The standard InChI is InChI=1S/C18H18FN3/c1-13-4-3-5-14(10-13)11-20-18-21-12-17(22(18)2)15-6-8-16(19)9-7-15/h3-10,12H,11H2,1-2H3,(H,20,21). The minimum Gasteiger partial charge on any atom is -0.352 e. The van der Waals surface area contributed by atoms with Crippen molar-refractivity contribution in [1.82, 2.24) is 9.55 Å². The van der Waals surface area contributed by atoms with Gasteiger partial charge in [-0.1, -0.05) is 29.8 Å². The summed E-state index contributed by atoms with van der Waals surface area (Å²) in [5.41, 5.74) is 4.35. The number of hydrogen-bond acceptors (Lipinski definition) is 2. The summed E-state index contributed by atoms with van der Waals surface area (Å²) >= 11 is 0. The van der Waals surface area contributed by atoms with Gasteiger partial charge in [-0.3, -0.25) is 0 Å². The number of hydrogen-bond donors (Lipinski definition) is 1. The maximum absolute atomic E-state index is 13.0. The number of aryl methyl sites for hydroxylation is 1. The molecule has 2 aromatic carbocycles. The second-order valence-corrected chi connectivity index (χ2v) is 5.38. The van der Waals surface area contributed by atoms with E-state index in [1.54, 1.807) is 18.3 Å². The fraction of sp³-hybridized carbons (Fsp3) is 0.167. The number of nitrogens with zero attached hydrogens (tertiary/aromatic N) is 2. The third-order valence-corrected chi connectivity index (χ3v) is 3.66. The first-order chi connectivity index (χ1) is 10.6. The smallest absolute Gasteiger partial charge is 0.203 e. The Morgan fingerprint density at radius 3 is 2.64 bits per heavy atom. The molecular weight excluding hydrogens is 277 g/mol. The number of halogens is 1. The fourth-order valence-electron chi connectivity index (χ4n) is 2.47. The number of nitrogens with one attached hydrogen (secondary N) is 1. The van der Waals surface area contributed by atoms with Crippen LogP contribution < -0.4 is 5.32 Å². The summed E-state index contributed by atoms with van der Waals surface area (Å²) in [4.78, 5) is 4.41.